The molecule has 3 rings (SSSR count). The molecule has 0 aromatic heterocycles. The first kappa shape index (κ1) is 16.2. The Bertz CT molecular complexity index is 757. The van der Waals surface area contributed by atoms with Gasteiger partial charge in [0.1, 0.15) is 5.75 Å². The first-order chi connectivity index (χ1) is 11.5. The smallest absolute Gasteiger partial charge is 0.260 e. The summed E-state index contributed by atoms with van der Waals surface area (Å²) in [6, 6.07) is 11.7. The van der Waals surface area contributed by atoms with Crippen LogP contribution in [0.3, 0.4) is 0 Å². The average Bonchev–Trinajstić information content (AvgIpc) is 3.03. The van der Waals surface area contributed by atoms with Crippen LogP contribution >= 0.6 is 0 Å². The number of fused-ring (bicyclic) bond motifs is 1. The molecule has 1 heterocycles. The van der Waals surface area contributed by atoms with Gasteiger partial charge in [-0.3, -0.25) is 4.79 Å². The van der Waals surface area contributed by atoms with Gasteiger partial charge >= 0.3 is 0 Å². The van der Waals surface area contributed by atoms with Gasteiger partial charge in [0.2, 0.25) is 6.79 Å². The zero-order valence-electron chi connectivity index (χ0n) is 14.2. The highest BCUT2D eigenvalue weighted by molar-refractivity contribution is 5.77. The largest absolute Gasteiger partial charge is 0.483 e. The fourth-order valence-corrected chi connectivity index (χ4v) is 2.51. The van der Waals surface area contributed by atoms with E-state index < -0.39 is 0 Å². The molecule has 24 heavy (non-hydrogen) atoms. The Hall–Kier alpha value is -2.69. The topological polar surface area (TPSA) is 48.0 Å². The van der Waals surface area contributed by atoms with Crippen molar-refractivity contribution in [2.75, 3.05) is 20.4 Å². The molecule has 5 nitrogen and oxygen atoms in total. The zero-order valence-corrected chi connectivity index (χ0v) is 14.2. The molecule has 0 atom stereocenters. The molecule has 0 fully saturated rings. The molecule has 0 unspecified atom stereocenters. The maximum absolute atomic E-state index is 12.3. The van der Waals surface area contributed by atoms with Gasteiger partial charge in [0.25, 0.3) is 5.91 Å². The number of rotatable bonds is 5. The maximum Gasteiger partial charge on any atom is 0.260 e. The predicted octanol–water partition coefficient (Wildman–Crippen LogP) is 3.07. The Morgan fingerprint density at radius 1 is 1.12 bits per heavy atom. The second-order valence-corrected chi connectivity index (χ2v) is 6.00. The second kappa shape index (κ2) is 6.83. The van der Waals surface area contributed by atoms with Crippen molar-refractivity contribution in [2.45, 2.75) is 20.4 Å². The minimum atomic E-state index is -0.0754. The fourth-order valence-electron chi connectivity index (χ4n) is 2.51. The lowest BCUT2D eigenvalue weighted by Crippen LogP contribution is -2.31. The van der Waals surface area contributed by atoms with Crippen LogP contribution < -0.4 is 14.2 Å². The second-order valence-electron chi connectivity index (χ2n) is 6.00. The van der Waals surface area contributed by atoms with Crippen LogP contribution in [0, 0.1) is 13.8 Å². The van der Waals surface area contributed by atoms with Crippen molar-refractivity contribution in [3.63, 3.8) is 0 Å². The molecule has 1 aliphatic rings. The van der Waals surface area contributed by atoms with E-state index in [1.807, 2.05) is 50.2 Å². The zero-order chi connectivity index (χ0) is 17.1. The van der Waals surface area contributed by atoms with E-state index in [2.05, 4.69) is 0 Å². The van der Waals surface area contributed by atoms with E-state index in [9.17, 15) is 4.79 Å². The molecule has 0 aliphatic carbocycles. The van der Waals surface area contributed by atoms with Crippen molar-refractivity contribution in [1.82, 2.24) is 4.90 Å². The van der Waals surface area contributed by atoms with Gasteiger partial charge in [0.15, 0.2) is 18.1 Å². The number of hydrogen-bond donors (Lipinski definition) is 0. The number of amides is 1. The molecule has 0 N–H and O–H groups in total. The number of benzene rings is 2. The summed E-state index contributed by atoms with van der Waals surface area (Å²) < 4.78 is 16.3. The van der Waals surface area contributed by atoms with Crippen LogP contribution in [0.5, 0.6) is 17.2 Å². The third-order valence-corrected chi connectivity index (χ3v) is 3.98. The molecule has 0 saturated heterocycles. The SMILES string of the molecule is Cc1ccc(C)c(OCC(=O)N(C)Cc2ccc3c(c2)OCO3)c1. The Labute approximate surface area is 141 Å². The van der Waals surface area contributed by atoms with Gasteiger partial charge in [-0.1, -0.05) is 18.2 Å². The van der Waals surface area contributed by atoms with E-state index in [1.165, 1.54) is 0 Å². The molecule has 126 valence electrons. The van der Waals surface area contributed by atoms with E-state index in [1.54, 1.807) is 11.9 Å². The minimum absolute atomic E-state index is 0.0192. The number of nitrogens with zero attached hydrogens (tertiary/aromatic N) is 1. The Morgan fingerprint density at radius 2 is 1.92 bits per heavy atom. The van der Waals surface area contributed by atoms with Gasteiger partial charge in [0.05, 0.1) is 0 Å². The lowest BCUT2D eigenvalue weighted by Gasteiger charge is -2.18. The van der Waals surface area contributed by atoms with Crippen molar-refractivity contribution >= 4 is 5.91 Å². The maximum atomic E-state index is 12.3. The summed E-state index contributed by atoms with van der Waals surface area (Å²) in [6.07, 6.45) is 0. The molecule has 1 amide bonds. The summed E-state index contributed by atoms with van der Waals surface area (Å²) in [6.45, 7) is 4.73. The molecular weight excluding hydrogens is 306 g/mol. The standard InChI is InChI=1S/C19H21NO4/c1-13-4-5-14(2)17(8-13)22-11-19(21)20(3)10-15-6-7-16-18(9-15)24-12-23-16/h4-9H,10-12H2,1-3H3. The number of aryl methyl sites for hydroxylation is 2. The van der Waals surface area contributed by atoms with Crippen LogP contribution in [-0.4, -0.2) is 31.3 Å². The van der Waals surface area contributed by atoms with Gasteiger partial charge in [-0.05, 0) is 48.7 Å². The van der Waals surface area contributed by atoms with E-state index in [4.69, 9.17) is 14.2 Å². The fraction of sp³-hybridized carbons (Fsp3) is 0.316. The minimum Gasteiger partial charge on any atom is -0.483 e. The molecule has 2 aromatic rings. The summed E-state index contributed by atoms with van der Waals surface area (Å²) in [5, 5.41) is 0. The quantitative estimate of drug-likeness (QED) is 0.847. The number of carbonyl (C=O) groups is 1. The van der Waals surface area contributed by atoms with Crippen LogP contribution in [0.4, 0.5) is 0 Å². The van der Waals surface area contributed by atoms with E-state index in [0.29, 0.717) is 6.54 Å². The molecule has 0 spiro atoms. The summed E-state index contributed by atoms with van der Waals surface area (Å²) in [4.78, 5) is 13.9. The molecule has 1 aliphatic heterocycles. The van der Waals surface area contributed by atoms with Crippen LogP contribution in [-0.2, 0) is 11.3 Å². The molecule has 5 heteroatoms. The van der Waals surface area contributed by atoms with Gasteiger partial charge in [-0.2, -0.15) is 0 Å². The third-order valence-electron chi connectivity index (χ3n) is 3.98. The van der Waals surface area contributed by atoms with Gasteiger partial charge < -0.3 is 19.1 Å². The van der Waals surface area contributed by atoms with Gasteiger partial charge in [-0.15, -0.1) is 0 Å². The number of likely N-dealkylation sites (N-methyl/N-ethyl adjacent to an activating group) is 1. The monoisotopic (exact) mass is 327 g/mol. The highest BCUT2D eigenvalue weighted by Gasteiger charge is 2.16. The first-order valence-corrected chi connectivity index (χ1v) is 7.85. The van der Waals surface area contributed by atoms with Gasteiger partial charge in [-0.25, -0.2) is 0 Å². The third kappa shape index (κ3) is 3.62. The van der Waals surface area contributed by atoms with E-state index in [0.717, 1.165) is 33.9 Å². The lowest BCUT2D eigenvalue weighted by atomic mass is 10.1. The molecule has 2 aromatic carbocycles. The Kier molecular flexibility index (Phi) is 4.60. The number of carbonyl (C=O) groups excluding carboxylic acids is 1. The number of hydrogen-bond acceptors (Lipinski definition) is 4. The van der Waals surface area contributed by atoms with Crippen molar-refractivity contribution in [3.8, 4) is 17.2 Å². The Balaban J connectivity index is 1.57. The lowest BCUT2D eigenvalue weighted by molar-refractivity contribution is -0.132. The molecule has 0 bridgehead atoms. The van der Waals surface area contributed by atoms with Crippen molar-refractivity contribution < 1.29 is 19.0 Å². The van der Waals surface area contributed by atoms with Crippen LogP contribution in [0.2, 0.25) is 0 Å². The predicted molar refractivity (Wildman–Crippen MR) is 90.5 cm³/mol. The van der Waals surface area contributed by atoms with Crippen molar-refractivity contribution in [1.29, 1.82) is 0 Å². The highest BCUT2D eigenvalue weighted by atomic mass is 16.7. The number of ether oxygens (including phenoxy) is 3. The van der Waals surface area contributed by atoms with Crippen LogP contribution in [0.1, 0.15) is 16.7 Å². The normalized spacial score (nSPS) is 12.1. The summed E-state index contributed by atoms with van der Waals surface area (Å²) in [5.41, 5.74) is 3.12. The highest BCUT2D eigenvalue weighted by Crippen LogP contribution is 2.32. The Morgan fingerprint density at radius 3 is 2.75 bits per heavy atom. The van der Waals surface area contributed by atoms with Crippen LogP contribution in [0.25, 0.3) is 0 Å². The first-order valence-electron chi connectivity index (χ1n) is 7.85. The molecule has 0 saturated carbocycles. The summed E-state index contributed by atoms with van der Waals surface area (Å²) >= 11 is 0. The van der Waals surface area contributed by atoms with Crippen molar-refractivity contribution in [2.24, 2.45) is 0 Å². The molecule has 0 radical (unpaired) electrons. The van der Waals surface area contributed by atoms with Crippen LogP contribution in [0.15, 0.2) is 36.4 Å². The van der Waals surface area contributed by atoms with Gasteiger partial charge in [0, 0.05) is 13.6 Å². The van der Waals surface area contributed by atoms with Crippen molar-refractivity contribution in [3.05, 3.63) is 53.1 Å². The summed E-state index contributed by atoms with van der Waals surface area (Å²) in [5.74, 6) is 2.14. The average molecular weight is 327 g/mol. The van der Waals surface area contributed by atoms with E-state index in [-0.39, 0.29) is 19.3 Å². The van der Waals surface area contributed by atoms with E-state index >= 15 is 0 Å². The summed E-state index contributed by atoms with van der Waals surface area (Å²) in [7, 11) is 1.76. The molecular formula is C19H21NO4.